The maximum Gasteiger partial charge on any atom is 0.0860 e. The van der Waals surface area contributed by atoms with E-state index in [0.717, 1.165) is 48.0 Å². The molecule has 2 heterocycles. The van der Waals surface area contributed by atoms with Crippen LogP contribution >= 0.6 is 27.5 Å². The van der Waals surface area contributed by atoms with Crippen molar-refractivity contribution < 1.29 is 4.74 Å². The first-order valence-electron chi connectivity index (χ1n) is 5.69. The van der Waals surface area contributed by atoms with Crippen molar-refractivity contribution in [3.63, 3.8) is 0 Å². The van der Waals surface area contributed by atoms with Gasteiger partial charge in [-0.3, -0.25) is 9.58 Å². The van der Waals surface area contributed by atoms with Crippen molar-refractivity contribution in [2.24, 2.45) is 7.05 Å². The molecule has 0 aromatic carbocycles. The lowest BCUT2D eigenvalue weighted by molar-refractivity contribution is -0.00312. The van der Waals surface area contributed by atoms with Gasteiger partial charge in [0.15, 0.2) is 0 Å². The second-order valence-electron chi connectivity index (χ2n) is 4.32. The summed E-state index contributed by atoms with van der Waals surface area (Å²) < 4.78 is 7.35. The van der Waals surface area contributed by atoms with Gasteiger partial charge in [0.25, 0.3) is 0 Å². The van der Waals surface area contributed by atoms with Gasteiger partial charge in [0.05, 0.1) is 29.6 Å². The molecule has 2 rings (SSSR count). The summed E-state index contributed by atoms with van der Waals surface area (Å²) in [4.78, 5) is 2.39. The Labute approximate surface area is 115 Å². The molecule has 1 aliphatic heterocycles. The standard InChI is InChI=1S/C11H17BrClN3O/c1-8-11(13)10(15(2)14-8)6-16-3-4-17-7-9(16)5-12/h9H,3-7H2,1-2H3. The van der Waals surface area contributed by atoms with Crippen LogP contribution in [0.5, 0.6) is 0 Å². The highest BCUT2D eigenvalue weighted by Gasteiger charge is 2.24. The maximum absolute atomic E-state index is 6.27. The molecule has 1 atom stereocenters. The quantitative estimate of drug-likeness (QED) is 0.797. The summed E-state index contributed by atoms with van der Waals surface area (Å²) >= 11 is 9.80. The topological polar surface area (TPSA) is 30.3 Å². The molecule has 1 fully saturated rings. The first-order chi connectivity index (χ1) is 8.13. The van der Waals surface area contributed by atoms with Crippen molar-refractivity contribution in [3.8, 4) is 0 Å². The minimum Gasteiger partial charge on any atom is -0.378 e. The van der Waals surface area contributed by atoms with Gasteiger partial charge >= 0.3 is 0 Å². The van der Waals surface area contributed by atoms with E-state index in [9.17, 15) is 0 Å². The van der Waals surface area contributed by atoms with E-state index >= 15 is 0 Å². The molecule has 0 radical (unpaired) electrons. The van der Waals surface area contributed by atoms with Crippen LogP contribution in [0.25, 0.3) is 0 Å². The zero-order chi connectivity index (χ0) is 12.4. The molecule has 0 N–H and O–H groups in total. The predicted octanol–water partition coefficient (Wildman–Crippen LogP) is 1.98. The number of hydrogen-bond donors (Lipinski definition) is 0. The number of halogens is 2. The van der Waals surface area contributed by atoms with E-state index in [0.29, 0.717) is 6.04 Å². The number of hydrogen-bond acceptors (Lipinski definition) is 3. The van der Waals surface area contributed by atoms with Gasteiger partial charge in [-0.1, -0.05) is 27.5 Å². The molecule has 0 spiro atoms. The van der Waals surface area contributed by atoms with Gasteiger partial charge in [0.2, 0.25) is 0 Å². The third-order valence-electron chi connectivity index (χ3n) is 3.14. The molecule has 1 saturated heterocycles. The van der Waals surface area contributed by atoms with Gasteiger partial charge in [-0.25, -0.2) is 0 Å². The van der Waals surface area contributed by atoms with Crippen LogP contribution in [0.2, 0.25) is 5.02 Å². The third kappa shape index (κ3) is 2.84. The van der Waals surface area contributed by atoms with Crippen molar-refractivity contribution in [2.45, 2.75) is 19.5 Å². The zero-order valence-electron chi connectivity index (χ0n) is 10.1. The lowest BCUT2D eigenvalue weighted by atomic mass is 10.2. The minimum absolute atomic E-state index is 0.412. The van der Waals surface area contributed by atoms with Crippen molar-refractivity contribution >= 4 is 27.5 Å². The first kappa shape index (κ1) is 13.3. The number of nitrogens with zero attached hydrogens (tertiary/aromatic N) is 3. The average Bonchev–Trinajstić information content (AvgIpc) is 2.57. The van der Waals surface area contributed by atoms with Crippen LogP contribution in [0.4, 0.5) is 0 Å². The molecule has 17 heavy (non-hydrogen) atoms. The van der Waals surface area contributed by atoms with Crippen molar-refractivity contribution in [1.82, 2.24) is 14.7 Å². The SMILES string of the molecule is Cc1nn(C)c(CN2CCOCC2CBr)c1Cl. The normalized spacial score (nSPS) is 22.0. The van der Waals surface area contributed by atoms with E-state index in [2.05, 4.69) is 25.9 Å². The summed E-state index contributed by atoms with van der Waals surface area (Å²) in [7, 11) is 1.94. The fraction of sp³-hybridized carbons (Fsp3) is 0.727. The Morgan fingerprint density at radius 1 is 1.59 bits per heavy atom. The number of alkyl halides is 1. The molecule has 1 unspecified atom stereocenters. The minimum atomic E-state index is 0.412. The van der Waals surface area contributed by atoms with Crippen LogP contribution in [-0.2, 0) is 18.3 Å². The highest BCUT2D eigenvalue weighted by Crippen LogP contribution is 2.22. The van der Waals surface area contributed by atoms with Gasteiger partial charge in [0.1, 0.15) is 0 Å². The van der Waals surface area contributed by atoms with Crippen LogP contribution in [0.15, 0.2) is 0 Å². The molecule has 0 saturated carbocycles. The molecule has 1 aliphatic rings. The smallest absolute Gasteiger partial charge is 0.0860 e. The molecule has 0 aliphatic carbocycles. The molecule has 1 aromatic heterocycles. The van der Waals surface area contributed by atoms with Crippen molar-refractivity contribution in [1.29, 1.82) is 0 Å². The average molecular weight is 323 g/mol. The largest absolute Gasteiger partial charge is 0.378 e. The molecule has 0 amide bonds. The van der Waals surface area contributed by atoms with Crippen molar-refractivity contribution in [3.05, 3.63) is 16.4 Å². The molecule has 0 bridgehead atoms. The molecular formula is C11H17BrClN3O. The van der Waals surface area contributed by atoms with Crippen molar-refractivity contribution in [2.75, 3.05) is 25.1 Å². The Balaban J connectivity index is 2.13. The Hall–Kier alpha value is -0.100. The highest BCUT2D eigenvalue weighted by atomic mass is 79.9. The summed E-state index contributed by atoms with van der Waals surface area (Å²) in [6.45, 7) is 5.28. The van der Waals surface area contributed by atoms with Gasteiger partial charge in [-0.15, -0.1) is 0 Å². The lowest BCUT2D eigenvalue weighted by Gasteiger charge is -2.34. The molecule has 96 valence electrons. The Morgan fingerprint density at radius 3 is 2.94 bits per heavy atom. The van der Waals surface area contributed by atoms with Crippen LogP contribution < -0.4 is 0 Å². The highest BCUT2D eigenvalue weighted by molar-refractivity contribution is 9.09. The predicted molar refractivity (Wildman–Crippen MR) is 71.8 cm³/mol. The lowest BCUT2D eigenvalue weighted by Crippen LogP contribution is -2.46. The summed E-state index contributed by atoms with van der Waals surface area (Å²) in [6, 6.07) is 0.412. The van der Waals surface area contributed by atoms with Gasteiger partial charge < -0.3 is 4.74 Å². The van der Waals surface area contributed by atoms with Crippen LogP contribution in [0.3, 0.4) is 0 Å². The maximum atomic E-state index is 6.27. The number of aromatic nitrogens is 2. The Kier molecular flexibility index (Phi) is 4.47. The molecule has 6 heteroatoms. The number of morpholine rings is 1. The van der Waals surface area contributed by atoms with Crippen LogP contribution in [0, 0.1) is 6.92 Å². The van der Waals surface area contributed by atoms with E-state index in [-0.39, 0.29) is 0 Å². The number of aryl methyl sites for hydroxylation is 2. The fourth-order valence-corrected chi connectivity index (χ4v) is 2.90. The van der Waals surface area contributed by atoms with E-state index in [1.165, 1.54) is 0 Å². The monoisotopic (exact) mass is 321 g/mol. The summed E-state index contributed by atoms with van der Waals surface area (Å²) in [6.07, 6.45) is 0. The second-order valence-corrected chi connectivity index (χ2v) is 5.35. The van der Waals surface area contributed by atoms with Crippen LogP contribution in [0.1, 0.15) is 11.4 Å². The molecule has 4 nitrogen and oxygen atoms in total. The Morgan fingerprint density at radius 2 is 2.35 bits per heavy atom. The second kappa shape index (κ2) is 5.69. The van der Waals surface area contributed by atoms with E-state index in [4.69, 9.17) is 16.3 Å². The van der Waals surface area contributed by atoms with E-state index < -0.39 is 0 Å². The van der Waals surface area contributed by atoms with E-state index in [1.807, 2.05) is 18.7 Å². The van der Waals surface area contributed by atoms with E-state index in [1.54, 1.807) is 0 Å². The number of ether oxygens (including phenoxy) is 1. The third-order valence-corrected chi connectivity index (χ3v) is 4.38. The van der Waals surface area contributed by atoms with Crippen LogP contribution in [-0.4, -0.2) is 45.8 Å². The molecular weight excluding hydrogens is 305 g/mol. The Bertz CT molecular complexity index is 396. The fourth-order valence-electron chi connectivity index (χ4n) is 2.08. The summed E-state index contributed by atoms with van der Waals surface area (Å²) in [5.74, 6) is 0. The summed E-state index contributed by atoms with van der Waals surface area (Å²) in [5.41, 5.74) is 1.98. The summed E-state index contributed by atoms with van der Waals surface area (Å²) in [5, 5.41) is 6.04. The van der Waals surface area contributed by atoms with Gasteiger partial charge in [-0.2, -0.15) is 5.10 Å². The van der Waals surface area contributed by atoms with Gasteiger partial charge in [-0.05, 0) is 6.92 Å². The number of rotatable bonds is 3. The molecule has 1 aromatic rings. The zero-order valence-corrected chi connectivity index (χ0v) is 12.5. The first-order valence-corrected chi connectivity index (χ1v) is 7.19. The van der Waals surface area contributed by atoms with Gasteiger partial charge in [0, 0.05) is 31.5 Å².